The number of benzene rings is 1. The number of nitrogens with one attached hydrogen (secondary N) is 1. The normalized spacial score (nSPS) is 24.8. The third kappa shape index (κ3) is 3.55. The average Bonchev–Trinajstić information content (AvgIpc) is 2.62. The zero-order valence-electron chi connectivity index (χ0n) is 11.2. The first-order valence-corrected chi connectivity index (χ1v) is 8.04. The minimum absolute atomic E-state index is 0.0787. The van der Waals surface area contributed by atoms with Gasteiger partial charge in [-0.15, -0.1) is 0 Å². The van der Waals surface area contributed by atoms with E-state index in [-0.39, 0.29) is 17.9 Å². The molecule has 4 nitrogen and oxygen atoms in total. The number of amides is 1. The first-order chi connectivity index (χ1) is 9.53. The molecule has 1 atom stereocenters. The number of hydrogen-bond acceptors (Lipinski definition) is 3. The number of sulfone groups is 1. The molecule has 1 heterocycles. The summed E-state index contributed by atoms with van der Waals surface area (Å²) in [6.45, 7) is 1.52. The van der Waals surface area contributed by atoms with E-state index in [2.05, 4.69) is 5.32 Å². The Kier molecular flexibility index (Phi) is 3.77. The minimum Gasteiger partial charge on any atom is -0.346 e. The molecule has 2 rings (SSSR count). The van der Waals surface area contributed by atoms with Crippen molar-refractivity contribution in [3.05, 3.63) is 35.4 Å². The van der Waals surface area contributed by atoms with Gasteiger partial charge in [0.2, 0.25) is 0 Å². The van der Waals surface area contributed by atoms with Gasteiger partial charge in [0.25, 0.3) is 5.91 Å². The molecule has 8 heteroatoms. The van der Waals surface area contributed by atoms with E-state index < -0.39 is 38.6 Å². The number of halogens is 3. The van der Waals surface area contributed by atoms with Gasteiger partial charge >= 0.3 is 6.18 Å². The van der Waals surface area contributed by atoms with Crippen molar-refractivity contribution in [1.29, 1.82) is 0 Å². The van der Waals surface area contributed by atoms with Gasteiger partial charge < -0.3 is 5.32 Å². The van der Waals surface area contributed by atoms with Crippen LogP contribution < -0.4 is 5.32 Å². The van der Waals surface area contributed by atoms with E-state index in [0.717, 1.165) is 12.1 Å². The van der Waals surface area contributed by atoms with Crippen LogP contribution in [-0.4, -0.2) is 31.4 Å². The fraction of sp³-hybridized carbons (Fsp3) is 0.462. The highest BCUT2D eigenvalue weighted by molar-refractivity contribution is 7.91. The predicted molar refractivity (Wildman–Crippen MR) is 70.6 cm³/mol. The van der Waals surface area contributed by atoms with E-state index in [0.29, 0.717) is 0 Å². The molecule has 21 heavy (non-hydrogen) atoms. The molecule has 1 aliphatic heterocycles. The molecule has 0 aliphatic carbocycles. The van der Waals surface area contributed by atoms with Crippen LogP contribution in [0.2, 0.25) is 0 Å². The van der Waals surface area contributed by atoms with Crippen LogP contribution in [0.5, 0.6) is 0 Å². The highest BCUT2D eigenvalue weighted by Gasteiger charge is 2.41. The summed E-state index contributed by atoms with van der Waals surface area (Å²) < 4.78 is 61.5. The lowest BCUT2D eigenvalue weighted by atomic mass is 10.00. The largest absolute Gasteiger partial charge is 0.417 e. The zero-order valence-corrected chi connectivity index (χ0v) is 12.0. The van der Waals surface area contributed by atoms with E-state index in [1.54, 1.807) is 0 Å². The topological polar surface area (TPSA) is 63.2 Å². The van der Waals surface area contributed by atoms with Crippen molar-refractivity contribution in [2.45, 2.75) is 25.1 Å². The first-order valence-electron chi connectivity index (χ1n) is 6.22. The van der Waals surface area contributed by atoms with Gasteiger partial charge in [-0.05, 0) is 25.5 Å². The van der Waals surface area contributed by atoms with Crippen LogP contribution in [0.4, 0.5) is 13.2 Å². The quantitative estimate of drug-likeness (QED) is 0.906. The maximum atomic E-state index is 12.9. The molecule has 116 valence electrons. The molecule has 1 aliphatic rings. The Morgan fingerprint density at radius 1 is 1.29 bits per heavy atom. The maximum absolute atomic E-state index is 12.9. The number of hydrogen-bond donors (Lipinski definition) is 1. The van der Waals surface area contributed by atoms with Gasteiger partial charge in [0, 0.05) is 0 Å². The minimum atomic E-state index is -4.64. The summed E-state index contributed by atoms with van der Waals surface area (Å²) in [5.41, 5.74) is -2.57. The van der Waals surface area contributed by atoms with E-state index >= 15 is 0 Å². The van der Waals surface area contributed by atoms with Gasteiger partial charge in [0.05, 0.1) is 28.2 Å². The second-order valence-electron chi connectivity index (χ2n) is 5.40. The summed E-state index contributed by atoms with van der Waals surface area (Å²) in [6, 6.07) is 4.42. The Labute approximate surface area is 120 Å². The molecule has 0 bridgehead atoms. The second-order valence-corrected chi connectivity index (χ2v) is 7.58. The number of alkyl halides is 3. The van der Waals surface area contributed by atoms with Gasteiger partial charge in [-0.1, -0.05) is 12.1 Å². The Morgan fingerprint density at radius 3 is 2.43 bits per heavy atom. The van der Waals surface area contributed by atoms with Crippen molar-refractivity contribution in [3.63, 3.8) is 0 Å². The molecule has 1 saturated heterocycles. The van der Waals surface area contributed by atoms with Crippen LogP contribution in [-0.2, 0) is 16.0 Å². The lowest BCUT2D eigenvalue weighted by molar-refractivity contribution is -0.137. The predicted octanol–water partition coefficient (Wildman–Crippen LogP) is 2.01. The molecule has 0 aromatic heterocycles. The summed E-state index contributed by atoms with van der Waals surface area (Å²) in [6.07, 6.45) is -4.45. The second kappa shape index (κ2) is 5.01. The van der Waals surface area contributed by atoms with Crippen LogP contribution in [0.3, 0.4) is 0 Å². The lowest BCUT2D eigenvalue weighted by Gasteiger charge is -2.24. The monoisotopic (exact) mass is 321 g/mol. The molecule has 1 N–H and O–H groups in total. The molecule has 0 radical (unpaired) electrons. The van der Waals surface area contributed by atoms with Crippen molar-refractivity contribution >= 4 is 15.7 Å². The van der Waals surface area contributed by atoms with Gasteiger partial charge in [-0.3, -0.25) is 4.79 Å². The molecule has 0 saturated carbocycles. The summed E-state index contributed by atoms with van der Waals surface area (Å²) >= 11 is 0. The molecule has 1 aromatic rings. The summed E-state index contributed by atoms with van der Waals surface area (Å²) in [5.74, 6) is -1.26. The smallest absolute Gasteiger partial charge is 0.346 e. The Bertz CT molecular complexity index is 669. The Morgan fingerprint density at radius 2 is 1.90 bits per heavy atom. The van der Waals surface area contributed by atoms with Crippen molar-refractivity contribution in [3.8, 4) is 0 Å². The highest BCUT2D eigenvalue weighted by atomic mass is 32.2. The van der Waals surface area contributed by atoms with Gasteiger partial charge in [0.15, 0.2) is 9.84 Å². The van der Waals surface area contributed by atoms with Crippen LogP contribution in [0, 0.1) is 0 Å². The van der Waals surface area contributed by atoms with Crippen molar-refractivity contribution in [2.75, 3.05) is 11.5 Å². The SMILES string of the molecule is CC1(NC(=O)c2ccccc2C(F)(F)F)CCS(=O)(=O)C1. The van der Waals surface area contributed by atoms with E-state index in [9.17, 15) is 26.4 Å². The standard InChI is InChI=1S/C13H14F3NO3S/c1-12(6-7-21(19,20)8-12)17-11(18)9-4-2-3-5-10(9)13(14,15)16/h2-5H,6-8H2,1H3,(H,17,18). The van der Waals surface area contributed by atoms with Crippen molar-refractivity contribution in [1.82, 2.24) is 5.32 Å². The van der Waals surface area contributed by atoms with Crippen molar-refractivity contribution < 1.29 is 26.4 Å². The van der Waals surface area contributed by atoms with Crippen LogP contribution >= 0.6 is 0 Å². The van der Waals surface area contributed by atoms with Crippen LogP contribution in [0.1, 0.15) is 29.3 Å². The van der Waals surface area contributed by atoms with Gasteiger partial charge in [-0.2, -0.15) is 13.2 Å². The highest BCUT2D eigenvalue weighted by Crippen LogP contribution is 2.32. The molecule has 1 fully saturated rings. The van der Waals surface area contributed by atoms with Crippen LogP contribution in [0.25, 0.3) is 0 Å². The number of rotatable bonds is 2. The number of carbonyl (C=O) groups is 1. The van der Waals surface area contributed by atoms with E-state index in [4.69, 9.17) is 0 Å². The average molecular weight is 321 g/mol. The lowest BCUT2D eigenvalue weighted by Crippen LogP contribution is -2.47. The van der Waals surface area contributed by atoms with Gasteiger partial charge in [0.1, 0.15) is 0 Å². The molecular weight excluding hydrogens is 307 g/mol. The van der Waals surface area contributed by atoms with Crippen LogP contribution in [0.15, 0.2) is 24.3 Å². The molecule has 1 aromatic carbocycles. The number of carbonyl (C=O) groups excluding carboxylic acids is 1. The fourth-order valence-electron chi connectivity index (χ4n) is 2.38. The maximum Gasteiger partial charge on any atom is 0.417 e. The van der Waals surface area contributed by atoms with E-state index in [1.807, 2.05) is 0 Å². The summed E-state index contributed by atoms with van der Waals surface area (Å²) in [4.78, 5) is 12.1. The Hall–Kier alpha value is -1.57. The zero-order chi connectivity index (χ0) is 15.9. The van der Waals surface area contributed by atoms with Gasteiger partial charge in [-0.25, -0.2) is 8.42 Å². The molecule has 1 unspecified atom stereocenters. The molecule has 0 spiro atoms. The summed E-state index contributed by atoms with van der Waals surface area (Å²) in [5, 5.41) is 2.42. The third-order valence-corrected chi connectivity index (χ3v) is 5.30. The first kappa shape index (κ1) is 15.8. The summed E-state index contributed by atoms with van der Waals surface area (Å²) in [7, 11) is -3.26. The third-order valence-electron chi connectivity index (χ3n) is 3.40. The van der Waals surface area contributed by atoms with E-state index in [1.165, 1.54) is 19.1 Å². The van der Waals surface area contributed by atoms with Crippen molar-refractivity contribution in [2.24, 2.45) is 0 Å². The fourth-order valence-corrected chi connectivity index (χ4v) is 4.47. The Balaban J connectivity index is 2.27. The molecular formula is C13H14F3NO3S. The molecule has 1 amide bonds.